The van der Waals surface area contributed by atoms with E-state index in [1.165, 1.54) is 12.1 Å². The molecular weight excluding hydrogens is 359 g/mol. The van der Waals surface area contributed by atoms with Gasteiger partial charge < -0.3 is 15.0 Å². The van der Waals surface area contributed by atoms with E-state index < -0.39 is 40.6 Å². The van der Waals surface area contributed by atoms with Gasteiger partial charge in [0.05, 0.1) is 13.2 Å². The van der Waals surface area contributed by atoms with Crippen molar-refractivity contribution in [2.45, 2.75) is 0 Å². The van der Waals surface area contributed by atoms with Crippen LogP contribution in [0.15, 0.2) is 24.3 Å². The smallest absolute Gasteiger partial charge is 0.261 e. The van der Waals surface area contributed by atoms with Crippen LogP contribution in [0.5, 0.6) is 0 Å². The Balaban J connectivity index is 1.80. The number of nitrogens with one attached hydrogen (secondary N) is 1. The third-order valence-corrected chi connectivity index (χ3v) is 3.94. The number of morpholine rings is 1. The molecule has 1 saturated heterocycles. The highest BCUT2D eigenvalue weighted by Gasteiger charge is 2.29. The predicted octanol–water partition coefficient (Wildman–Crippen LogP) is 3.47. The molecule has 1 aliphatic rings. The molecule has 1 fully saturated rings. The number of rotatable bonds is 3. The normalized spacial score (nSPS) is 14.4. The van der Waals surface area contributed by atoms with Crippen molar-refractivity contribution in [3.63, 3.8) is 0 Å². The van der Waals surface area contributed by atoms with E-state index in [9.17, 15) is 26.7 Å². The number of ether oxygens (including phenoxy) is 1. The Morgan fingerprint density at radius 3 is 1.88 bits per heavy atom. The summed E-state index contributed by atoms with van der Waals surface area (Å²) in [6.45, 7) is 2.55. The lowest BCUT2D eigenvalue weighted by Crippen LogP contribution is -2.36. The highest BCUT2D eigenvalue weighted by molar-refractivity contribution is 6.04. The van der Waals surface area contributed by atoms with Gasteiger partial charge in [0.1, 0.15) is 5.56 Å². The molecule has 0 aliphatic carbocycles. The first-order valence-corrected chi connectivity index (χ1v) is 7.65. The van der Waals surface area contributed by atoms with Crippen LogP contribution < -0.4 is 10.2 Å². The summed E-state index contributed by atoms with van der Waals surface area (Å²) in [6, 6.07) is 6.27. The lowest BCUT2D eigenvalue weighted by molar-refractivity contribution is 0.101. The van der Waals surface area contributed by atoms with Gasteiger partial charge >= 0.3 is 0 Å². The van der Waals surface area contributed by atoms with Crippen molar-refractivity contribution in [2.75, 3.05) is 36.5 Å². The SMILES string of the molecule is O=C(Nc1ccc(N2CCOCC2)cc1)c1c(F)c(F)c(F)c(F)c1F. The van der Waals surface area contributed by atoms with Crippen LogP contribution in [-0.2, 0) is 4.74 Å². The first-order valence-electron chi connectivity index (χ1n) is 7.65. The third kappa shape index (κ3) is 3.34. The van der Waals surface area contributed by atoms with Crippen LogP contribution in [0.3, 0.4) is 0 Å². The van der Waals surface area contributed by atoms with Crippen molar-refractivity contribution in [3.8, 4) is 0 Å². The number of nitrogens with zero attached hydrogens (tertiary/aromatic N) is 1. The Morgan fingerprint density at radius 1 is 0.846 bits per heavy atom. The third-order valence-electron chi connectivity index (χ3n) is 3.94. The molecule has 1 heterocycles. The van der Waals surface area contributed by atoms with Crippen molar-refractivity contribution < 1.29 is 31.5 Å². The molecule has 1 aliphatic heterocycles. The number of hydrogen-bond donors (Lipinski definition) is 1. The van der Waals surface area contributed by atoms with E-state index in [0.29, 0.717) is 26.3 Å². The fourth-order valence-electron chi connectivity index (χ4n) is 2.57. The van der Waals surface area contributed by atoms with E-state index in [2.05, 4.69) is 5.32 Å². The molecule has 0 aromatic heterocycles. The number of carbonyl (C=O) groups is 1. The van der Waals surface area contributed by atoms with Crippen LogP contribution in [0.4, 0.5) is 33.3 Å². The maximum atomic E-state index is 13.7. The fourth-order valence-corrected chi connectivity index (χ4v) is 2.57. The minimum absolute atomic E-state index is 0.149. The molecule has 0 atom stereocenters. The van der Waals surface area contributed by atoms with E-state index in [1.807, 2.05) is 4.90 Å². The molecule has 4 nitrogen and oxygen atoms in total. The molecule has 26 heavy (non-hydrogen) atoms. The number of halogens is 5. The van der Waals surface area contributed by atoms with Crippen LogP contribution >= 0.6 is 0 Å². The van der Waals surface area contributed by atoms with E-state index in [4.69, 9.17) is 4.74 Å². The largest absolute Gasteiger partial charge is 0.378 e. The zero-order valence-electron chi connectivity index (χ0n) is 13.3. The van der Waals surface area contributed by atoms with Crippen LogP contribution in [-0.4, -0.2) is 32.2 Å². The molecule has 0 saturated carbocycles. The number of amides is 1. The van der Waals surface area contributed by atoms with Gasteiger partial charge in [-0.25, -0.2) is 22.0 Å². The van der Waals surface area contributed by atoms with Crippen LogP contribution in [0.25, 0.3) is 0 Å². The van der Waals surface area contributed by atoms with Crippen LogP contribution in [0.2, 0.25) is 0 Å². The molecule has 9 heteroatoms. The van der Waals surface area contributed by atoms with Gasteiger partial charge in [-0.1, -0.05) is 0 Å². The summed E-state index contributed by atoms with van der Waals surface area (Å²) in [5, 5.41) is 2.13. The zero-order chi connectivity index (χ0) is 18.8. The Hall–Kier alpha value is -2.68. The average molecular weight is 372 g/mol. The second-order valence-electron chi connectivity index (χ2n) is 5.55. The summed E-state index contributed by atoms with van der Waals surface area (Å²) in [7, 11) is 0. The highest BCUT2D eigenvalue weighted by Crippen LogP contribution is 2.25. The Morgan fingerprint density at radius 2 is 1.35 bits per heavy atom. The number of carbonyl (C=O) groups excluding carboxylic acids is 1. The molecule has 0 spiro atoms. The van der Waals surface area contributed by atoms with Gasteiger partial charge in [-0.3, -0.25) is 4.79 Å². The van der Waals surface area contributed by atoms with E-state index in [0.717, 1.165) is 5.69 Å². The van der Waals surface area contributed by atoms with Gasteiger partial charge in [-0.2, -0.15) is 0 Å². The van der Waals surface area contributed by atoms with Crippen molar-refractivity contribution in [3.05, 3.63) is 58.9 Å². The minimum atomic E-state index is -2.31. The van der Waals surface area contributed by atoms with E-state index in [-0.39, 0.29) is 5.69 Å². The van der Waals surface area contributed by atoms with E-state index >= 15 is 0 Å². The van der Waals surface area contributed by atoms with Crippen LogP contribution in [0, 0.1) is 29.1 Å². The molecule has 0 unspecified atom stereocenters. The summed E-state index contributed by atoms with van der Waals surface area (Å²) in [5.41, 5.74) is -0.530. The van der Waals surface area contributed by atoms with Gasteiger partial charge in [0.2, 0.25) is 5.82 Å². The second-order valence-corrected chi connectivity index (χ2v) is 5.55. The van der Waals surface area contributed by atoms with E-state index in [1.54, 1.807) is 12.1 Å². The van der Waals surface area contributed by atoms with Gasteiger partial charge in [0, 0.05) is 24.5 Å². The zero-order valence-corrected chi connectivity index (χ0v) is 13.3. The summed E-state index contributed by atoms with van der Waals surface area (Å²) in [6.07, 6.45) is 0. The van der Waals surface area contributed by atoms with Crippen LogP contribution in [0.1, 0.15) is 10.4 Å². The standard InChI is InChI=1S/C17H13F5N2O2/c18-12-11(13(19)15(21)16(22)14(12)20)17(25)23-9-1-3-10(4-2-9)24-5-7-26-8-6-24/h1-4H,5-8H2,(H,23,25). The molecule has 2 aromatic carbocycles. The maximum absolute atomic E-state index is 13.7. The Labute approximate surface area is 145 Å². The van der Waals surface area contributed by atoms with Gasteiger partial charge in [0.15, 0.2) is 23.3 Å². The first-order chi connectivity index (χ1) is 12.4. The second kappa shape index (κ2) is 7.28. The molecule has 1 N–H and O–H groups in total. The lowest BCUT2D eigenvalue weighted by Gasteiger charge is -2.28. The molecule has 2 aromatic rings. The summed E-state index contributed by atoms with van der Waals surface area (Å²) < 4.78 is 72.0. The summed E-state index contributed by atoms with van der Waals surface area (Å²) in [4.78, 5) is 14.0. The van der Waals surface area contributed by atoms with Gasteiger partial charge in [-0.15, -0.1) is 0 Å². The van der Waals surface area contributed by atoms with Gasteiger partial charge in [-0.05, 0) is 24.3 Å². The molecule has 0 bridgehead atoms. The fraction of sp³-hybridized carbons (Fsp3) is 0.235. The molecule has 0 radical (unpaired) electrons. The minimum Gasteiger partial charge on any atom is -0.378 e. The number of benzene rings is 2. The summed E-state index contributed by atoms with van der Waals surface area (Å²) in [5.74, 6) is -12.4. The number of hydrogen-bond acceptors (Lipinski definition) is 3. The number of anilines is 2. The molecular formula is C17H13F5N2O2. The Kier molecular flexibility index (Phi) is 5.08. The monoisotopic (exact) mass is 372 g/mol. The maximum Gasteiger partial charge on any atom is 0.261 e. The lowest BCUT2D eigenvalue weighted by atomic mass is 10.1. The van der Waals surface area contributed by atoms with Gasteiger partial charge in [0.25, 0.3) is 5.91 Å². The quantitative estimate of drug-likeness (QED) is 0.510. The van der Waals surface area contributed by atoms with Crippen molar-refractivity contribution in [2.24, 2.45) is 0 Å². The van der Waals surface area contributed by atoms with Crippen molar-refractivity contribution in [1.29, 1.82) is 0 Å². The Bertz CT molecular complexity index is 807. The van der Waals surface area contributed by atoms with Crippen molar-refractivity contribution >= 4 is 17.3 Å². The molecule has 1 amide bonds. The first kappa shape index (κ1) is 18.1. The molecule has 3 rings (SSSR count). The highest BCUT2D eigenvalue weighted by atomic mass is 19.2. The topological polar surface area (TPSA) is 41.6 Å². The molecule has 138 valence electrons. The van der Waals surface area contributed by atoms with Crippen molar-refractivity contribution in [1.82, 2.24) is 0 Å². The predicted molar refractivity (Wildman–Crippen MR) is 83.7 cm³/mol. The average Bonchev–Trinajstić information content (AvgIpc) is 2.66. The summed E-state index contributed by atoms with van der Waals surface area (Å²) >= 11 is 0.